The highest BCUT2D eigenvalue weighted by molar-refractivity contribution is 6.01. The number of aromatic nitrogens is 1. The minimum Gasteiger partial charge on any atom is -0.478 e. The van der Waals surface area contributed by atoms with Gasteiger partial charge in [0.15, 0.2) is 0 Å². The second kappa shape index (κ2) is 3.97. The van der Waals surface area contributed by atoms with Gasteiger partial charge in [0.25, 0.3) is 0 Å². The van der Waals surface area contributed by atoms with Crippen LogP contribution in [0.25, 0.3) is 11.3 Å². The number of carbonyl (C=O) groups is 1. The molecule has 88 valence electrons. The molecule has 0 aliphatic heterocycles. The van der Waals surface area contributed by atoms with Crippen molar-refractivity contribution < 1.29 is 9.90 Å². The standard InChI is InChI=1S/C13H14N2O2/c1-7-3-4-9(8(2)5-7)12-11(13(16)17)10(14)6-15-12/h3-6,15H,14H2,1-2H3,(H,16,17). The van der Waals surface area contributed by atoms with Crippen LogP contribution in [0.5, 0.6) is 0 Å². The van der Waals surface area contributed by atoms with Gasteiger partial charge in [-0.15, -0.1) is 0 Å². The average Bonchev–Trinajstić information content (AvgIpc) is 2.60. The first-order valence-corrected chi connectivity index (χ1v) is 5.28. The number of nitrogen functional groups attached to an aromatic ring is 1. The Hall–Kier alpha value is -2.23. The van der Waals surface area contributed by atoms with E-state index >= 15 is 0 Å². The van der Waals surface area contributed by atoms with Crippen LogP contribution < -0.4 is 5.73 Å². The molecule has 0 aliphatic carbocycles. The minimum atomic E-state index is -1.02. The SMILES string of the molecule is Cc1ccc(-c2[nH]cc(N)c2C(=O)O)c(C)c1. The Morgan fingerprint density at radius 2 is 2.06 bits per heavy atom. The summed E-state index contributed by atoms with van der Waals surface area (Å²) < 4.78 is 0. The number of H-pyrrole nitrogens is 1. The molecule has 2 aromatic rings. The maximum Gasteiger partial charge on any atom is 0.340 e. The lowest BCUT2D eigenvalue weighted by molar-refractivity contribution is 0.0699. The van der Waals surface area contributed by atoms with Gasteiger partial charge in [0.1, 0.15) is 5.56 Å². The summed E-state index contributed by atoms with van der Waals surface area (Å²) >= 11 is 0. The van der Waals surface area contributed by atoms with Crippen LogP contribution >= 0.6 is 0 Å². The van der Waals surface area contributed by atoms with Gasteiger partial charge in [-0.05, 0) is 19.4 Å². The molecule has 4 nitrogen and oxygen atoms in total. The number of aromatic amines is 1. The first-order chi connectivity index (χ1) is 8.00. The van der Waals surface area contributed by atoms with Crippen molar-refractivity contribution in [2.24, 2.45) is 0 Å². The summed E-state index contributed by atoms with van der Waals surface area (Å²) in [6, 6.07) is 5.87. The van der Waals surface area contributed by atoms with Crippen LogP contribution in [0.15, 0.2) is 24.4 Å². The highest BCUT2D eigenvalue weighted by atomic mass is 16.4. The molecule has 2 rings (SSSR count). The average molecular weight is 230 g/mol. The number of carboxylic acid groups (broad SMARTS) is 1. The van der Waals surface area contributed by atoms with Crippen molar-refractivity contribution in [1.29, 1.82) is 0 Å². The van der Waals surface area contributed by atoms with Gasteiger partial charge in [-0.3, -0.25) is 0 Å². The fraction of sp³-hybridized carbons (Fsp3) is 0.154. The van der Waals surface area contributed by atoms with Crippen molar-refractivity contribution in [2.75, 3.05) is 5.73 Å². The highest BCUT2D eigenvalue weighted by Gasteiger charge is 2.18. The third-order valence-corrected chi connectivity index (χ3v) is 2.78. The van der Waals surface area contributed by atoms with Crippen LogP contribution in [0.4, 0.5) is 5.69 Å². The molecule has 17 heavy (non-hydrogen) atoms. The summed E-state index contributed by atoms with van der Waals surface area (Å²) in [5.74, 6) is -1.02. The second-order valence-corrected chi connectivity index (χ2v) is 4.12. The van der Waals surface area contributed by atoms with E-state index in [1.165, 1.54) is 6.20 Å². The number of hydrogen-bond donors (Lipinski definition) is 3. The molecule has 0 aliphatic rings. The van der Waals surface area contributed by atoms with Gasteiger partial charge in [-0.1, -0.05) is 23.8 Å². The van der Waals surface area contributed by atoms with E-state index in [4.69, 9.17) is 10.8 Å². The number of anilines is 1. The quantitative estimate of drug-likeness (QED) is 0.741. The van der Waals surface area contributed by atoms with Crippen molar-refractivity contribution in [1.82, 2.24) is 4.98 Å². The zero-order chi connectivity index (χ0) is 12.6. The van der Waals surface area contributed by atoms with E-state index in [1.54, 1.807) is 0 Å². The number of nitrogens with one attached hydrogen (secondary N) is 1. The normalized spacial score (nSPS) is 10.5. The topological polar surface area (TPSA) is 79.1 Å². The Kier molecular flexibility index (Phi) is 2.63. The molecule has 0 fully saturated rings. The second-order valence-electron chi connectivity index (χ2n) is 4.12. The lowest BCUT2D eigenvalue weighted by Gasteiger charge is -2.06. The summed E-state index contributed by atoms with van der Waals surface area (Å²) in [6.07, 6.45) is 1.51. The van der Waals surface area contributed by atoms with Gasteiger partial charge in [-0.25, -0.2) is 4.79 Å². The Morgan fingerprint density at radius 3 is 2.65 bits per heavy atom. The predicted octanol–water partition coefficient (Wildman–Crippen LogP) is 2.58. The minimum absolute atomic E-state index is 0.136. The molecule has 4 heteroatoms. The highest BCUT2D eigenvalue weighted by Crippen LogP contribution is 2.29. The number of benzene rings is 1. The smallest absolute Gasteiger partial charge is 0.340 e. The lowest BCUT2D eigenvalue weighted by Crippen LogP contribution is -2.01. The van der Waals surface area contributed by atoms with Crippen molar-refractivity contribution in [3.63, 3.8) is 0 Å². The molecule has 0 saturated carbocycles. The maximum atomic E-state index is 11.2. The van der Waals surface area contributed by atoms with E-state index < -0.39 is 5.97 Å². The first kappa shape index (κ1) is 11.3. The summed E-state index contributed by atoms with van der Waals surface area (Å²) in [5, 5.41) is 9.14. The predicted molar refractivity (Wildman–Crippen MR) is 67.1 cm³/mol. The molecule has 0 amide bonds. The van der Waals surface area contributed by atoms with Crippen LogP contribution in [0.3, 0.4) is 0 Å². The molecular weight excluding hydrogens is 216 g/mol. The van der Waals surface area contributed by atoms with Crippen molar-refractivity contribution in [3.05, 3.63) is 41.1 Å². The van der Waals surface area contributed by atoms with Crippen LogP contribution in [0.1, 0.15) is 21.5 Å². The Labute approximate surface area is 99.1 Å². The van der Waals surface area contributed by atoms with Gasteiger partial charge >= 0.3 is 5.97 Å². The Balaban J connectivity index is 2.65. The maximum absolute atomic E-state index is 11.2. The van der Waals surface area contributed by atoms with Crippen LogP contribution in [0, 0.1) is 13.8 Å². The molecule has 1 aromatic carbocycles. The molecule has 0 saturated heterocycles. The van der Waals surface area contributed by atoms with Gasteiger partial charge in [0, 0.05) is 11.8 Å². The van der Waals surface area contributed by atoms with Crippen LogP contribution in [-0.2, 0) is 0 Å². The van der Waals surface area contributed by atoms with E-state index in [2.05, 4.69) is 4.98 Å². The van der Waals surface area contributed by atoms with E-state index in [1.807, 2.05) is 32.0 Å². The molecule has 0 bridgehead atoms. The van der Waals surface area contributed by atoms with Gasteiger partial charge in [0.05, 0.1) is 11.4 Å². The molecule has 0 atom stereocenters. The van der Waals surface area contributed by atoms with E-state index in [0.29, 0.717) is 5.69 Å². The van der Waals surface area contributed by atoms with Crippen LogP contribution in [0.2, 0.25) is 0 Å². The van der Waals surface area contributed by atoms with Gasteiger partial charge in [0.2, 0.25) is 0 Å². The number of carboxylic acids is 1. The third-order valence-electron chi connectivity index (χ3n) is 2.78. The Bertz CT molecular complexity index is 585. The molecule has 0 radical (unpaired) electrons. The molecular formula is C13H14N2O2. The number of aromatic carboxylic acids is 1. The number of hydrogen-bond acceptors (Lipinski definition) is 2. The van der Waals surface area contributed by atoms with E-state index in [0.717, 1.165) is 16.7 Å². The summed E-state index contributed by atoms with van der Waals surface area (Å²) in [4.78, 5) is 14.1. The fourth-order valence-electron chi connectivity index (χ4n) is 1.98. The van der Waals surface area contributed by atoms with E-state index in [-0.39, 0.29) is 11.3 Å². The molecule has 4 N–H and O–H groups in total. The Morgan fingerprint density at radius 1 is 1.35 bits per heavy atom. The van der Waals surface area contributed by atoms with Gasteiger partial charge < -0.3 is 15.8 Å². The fourth-order valence-corrected chi connectivity index (χ4v) is 1.98. The third kappa shape index (κ3) is 1.89. The molecule has 1 aromatic heterocycles. The summed E-state index contributed by atoms with van der Waals surface area (Å²) in [5.41, 5.74) is 9.63. The largest absolute Gasteiger partial charge is 0.478 e. The number of aryl methyl sites for hydroxylation is 2. The van der Waals surface area contributed by atoms with Crippen LogP contribution in [-0.4, -0.2) is 16.1 Å². The van der Waals surface area contributed by atoms with Crippen molar-refractivity contribution in [3.8, 4) is 11.3 Å². The number of rotatable bonds is 2. The summed E-state index contributed by atoms with van der Waals surface area (Å²) in [7, 11) is 0. The van der Waals surface area contributed by atoms with E-state index in [9.17, 15) is 4.79 Å². The van der Waals surface area contributed by atoms with Crippen molar-refractivity contribution in [2.45, 2.75) is 13.8 Å². The number of nitrogens with two attached hydrogens (primary N) is 1. The molecule has 0 spiro atoms. The monoisotopic (exact) mass is 230 g/mol. The zero-order valence-electron chi connectivity index (χ0n) is 9.74. The van der Waals surface area contributed by atoms with Crippen molar-refractivity contribution >= 4 is 11.7 Å². The van der Waals surface area contributed by atoms with Gasteiger partial charge in [-0.2, -0.15) is 0 Å². The summed E-state index contributed by atoms with van der Waals surface area (Å²) in [6.45, 7) is 3.95. The molecule has 0 unspecified atom stereocenters. The molecule has 1 heterocycles. The first-order valence-electron chi connectivity index (χ1n) is 5.28. The zero-order valence-corrected chi connectivity index (χ0v) is 9.74. The lowest BCUT2D eigenvalue weighted by atomic mass is 10.0.